The molecule has 0 saturated carbocycles. The van der Waals surface area contributed by atoms with Crippen molar-refractivity contribution in [2.75, 3.05) is 26.2 Å². The molecule has 1 aromatic rings. The lowest BCUT2D eigenvalue weighted by molar-refractivity contribution is 0.389. The van der Waals surface area contributed by atoms with Gasteiger partial charge in [-0.3, -0.25) is 0 Å². The Morgan fingerprint density at radius 2 is 2.11 bits per heavy atom. The molecule has 1 atom stereocenters. The molecule has 0 aliphatic rings. The van der Waals surface area contributed by atoms with Crippen molar-refractivity contribution >= 4 is 37.7 Å². The van der Waals surface area contributed by atoms with Crippen LogP contribution in [0.1, 0.15) is 6.92 Å². The molecule has 0 saturated heterocycles. The second-order valence-corrected chi connectivity index (χ2v) is 7.91. The molecule has 1 unspecified atom stereocenters. The third kappa shape index (κ3) is 3.87. The maximum Gasteiger partial charge on any atom is 0.246 e. The van der Waals surface area contributed by atoms with Crippen molar-refractivity contribution in [2.24, 2.45) is 0 Å². The number of ether oxygens (including phenoxy) is 1. The summed E-state index contributed by atoms with van der Waals surface area (Å²) >= 11 is 4.91. The van der Waals surface area contributed by atoms with Crippen LogP contribution < -0.4 is 4.74 Å². The smallest absolute Gasteiger partial charge is 0.246 e. The van der Waals surface area contributed by atoms with Crippen molar-refractivity contribution < 1.29 is 13.2 Å². The normalized spacial score (nSPS) is 13.6. The average molecular weight is 368 g/mol. The summed E-state index contributed by atoms with van der Waals surface area (Å²) in [7, 11) is -0.501. The molecule has 0 fully saturated rings. The Balaban J connectivity index is 3.23. The number of benzene rings is 1. The van der Waals surface area contributed by atoms with Gasteiger partial charge in [0.1, 0.15) is 10.6 Å². The summed E-state index contributed by atoms with van der Waals surface area (Å²) in [4.78, 5) is 0.180. The van der Waals surface area contributed by atoms with E-state index in [1.807, 2.05) is 13.2 Å². The van der Waals surface area contributed by atoms with E-state index in [4.69, 9.17) is 4.74 Å². The van der Waals surface area contributed by atoms with E-state index in [2.05, 4.69) is 15.9 Å². The minimum atomic E-state index is -3.56. The van der Waals surface area contributed by atoms with Crippen molar-refractivity contribution in [3.63, 3.8) is 0 Å². The van der Waals surface area contributed by atoms with Crippen LogP contribution in [0, 0.1) is 0 Å². The fourth-order valence-corrected chi connectivity index (χ4v) is 4.44. The summed E-state index contributed by atoms with van der Waals surface area (Å²) in [5.41, 5.74) is 0. The summed E-state index contributed by atoms with van der Waals surface area (Å²) in [6.45, 7) is 1.89. The zero-order valence-corrected chi connectivity index (χ0v) is 14.6. The number of nitrogens with zero attached hydrogens (tertiary/aromatic N) is 1. The average Bonchev–Trinajstić information content (AvgIpc) is 2.38. The zero-order valence-electron chi connectivity index (χ0n) is 11.4. The highest BCUT2D eigenvalue weighted by Gasteiger charge is 2.28. The van der Waals surface area contributed by atoms with Gasteiger partial charge in [0.2, 0.25) is 10.0 Å². The predicted molar refractivity (Wildman–Crippen MR) is 83.5 cm³/mol. The molecule has 0 bridgehead atoms. The van der Waals surface area contributed by atoms with Gasteiger partial charge in [0.15, 0.2) is 0 Å². The van der Waals surface area contributed by atoms with Crippen LogP contribution in [0.4, 0.5) is 0 Å². The number of rotatable bonds is 6. The molecule has 0 N–H and O–H groups in total. The summed E-state index contributed by atoms with van der Waals surface area (Å²) in [6, 6.07) is 4.88. The maximum absolute atomic E-state index is 12.6. The first-order chi connectivity index (χ1) is 8.84. The van der Waals surface area contributed by atoms with E-state index < -0.39 is 10.0 Å². The quantitative estimate of drug-likeness (QED) is 0.775. The first-order valence-electron chi connectivity index (χ1n) is 5.65. The van der Waals surface area contributed by atoms with E-state index in [0.29, 0.717) is 10.2 Å². The lowest BCUT2D eigenvalue weighted by Gasteiger charge is -2.24. The maximum atomic E-state index is 12.6. The van der Waals surface area contributed by atoms with E-state index >= 15 is 0 Å². The number of thioether (sulfide) groups is 1. The zero-order chi connectivity index (χ0) is 14.6. The Morgan fingerprint density at radius 1 is 1.47 bits per heavy atom. The number of methoxy groups -OCH3 is 1. The van der Waals surface area contributed by atoms with Gasteiger partial charge >= 0.3 is 0 Å². The highest BCUT2D eigenvalue weighted by atomic mass is 79.9. The van der Waals surface area contributed by atoms with Gasteiger partial charge in [-0.1, -0.05) is 15.9 Å². The summed E-state index contributed by atoms with van der Waals surface area (Å²) < 4.78 is 32.4. The topological polar surface area (TPSA) is 46.6 Å². The van der Waals surface area contributed by atoms with Gasteiger partial charge in [-0.2, -0.15) is 16.1 Å². The van der Waals surface area contributed by atoms with E-state index in [0.717, 1.165) is 5.75 Å². The molecular weight excluding hydrogens is 350 g/mol. The molecule has 1 rings (SSSR count). The number of hydrogen-bond donors (Lipinski definition) is 0. The molecule has 0 spiro atoms. The third-order valence-corrected chi connectivity index (χ3v) is 6.11. The van der Waals surface area contributed by atoms with Gasteiger partial charge in [0.25, 0.3) is 0 Å². The first kappa shape index (κ1) is 16.8. The monoisotopic (exact) mass is 367 g/mol. The standard InChI is InChI=1S/C12H18BrNO3S2/c1-9(8-18-4)14(2)19(15,16)12-7-10(13)5-6-11(12)17-3/h5-7,9H,8H2,1-4H3. The Hall–Kier alpha value is -0.240. The van der Waals surface area contributed by atoms with Crippen molar-refractivity contribution in [3.8, 4) is 5.75 Å². The minimum Gasteiger partial charge on any atom is -0.495 e. The van der Waals surface area contributed by atoms with Gasteiger partial charge in [0.05, 0.1) is 7.11 Å². The van der Waals surface area contributed by atoms with Crippen LogP contribution in [0.25, 0.3) is 0 Å². The summed E-state index contributed by atoms with van der Waals surface area (Å²) in [5.74, 6) is 1.10. The lowest BCUT2D eigenvalue weighted by atomic mass is 10.3. The second kappa shape index (κ2) is 6.97. The Labute approximate surface area is 127 Å². The lowest BCUT2D eigenvalue weighted by Crippen LogP contribution is -2.36. The molecule has 4 nitrogen and oxygen atoms in total. The number of hydrogen-bond acceptors (Lipinski definition) is 4. The van der Waals surface area contributed by atoms with Gasteiger partial charge < -0.3 is 4.74 Å². The van der Waals surface area contributed by atoms with Crippen LogP contribution in [-0.2, 0) is 10.0 Å². The van der Waals surface area contributed by atoms with Gasteiger partial charge in [-0.15, -0.1) is 0 Å². The molecule has 0 aliphatic heterocycles. The molecule has 19 heavy (non-hydrogen) atoms. The Kier molecular flexibility index (Phi) is 6.16. The first-order valence-corrected chi connectivity index (χ1v) is 9.27. The summed E-state index contributed by atoms with van der Waals surface area (Å²) in [5, 5.41) is 0. The highest BCUT2D eigenvalue weighted by Crippen LogP contribution is 2.30. The predicted octanol–water partition coefficient (Wildman–Crippen LogP) is 2.83. The van der Waals surface area contributed by atoms with Gasteiger partial charge in [-0.25, -0.2) is 8.42 Å². The molecule has 0 amide bonds. The van der Waals surface area contributed by atoms with E-state index in [1.165, 1.54) is 11.4 Å². The van der Waals surface area contributed by atoms with E-state index in [9.17, 15) is 8.42 Å². The molecule has 108 valence electrons. The molecule has 0 heterocycles. The van der Waals surface area contributed by atoms with Gasteiger partial charge in [-0.05, 0) is 31.4 Å². The second-order valence-electron chi connectivity index (χ2n) is 4.12. The third-order valence-electron chi connectivity index (χ3n) is 2.81. The Morgan fingerprint density at radius 3 is 2.63 bits per heavy atom. The van der Waals surface area contributed by atoms with Crippen LogP contribution in [0.2, 0.25) is 0 Å². The summed E-state index contributed by atoms with van der Waals surface area (Å²) in [6.07, 6.45) is 1.96. The SMILES string of the molecule is COc1ccc(Br)cc1S(=O)(=O)N(C)C(C)CSC. The van der Waals surface area contributed by atoms with Crippen LogP contribution in [-0.4, -0.2) is 44.9 Å². The molecule has 0 aliphatic carbocycles. The highest BCUT2D eigenvalue weighted by molar-refractivity contribution is 9.10. The van der Waals surface area contributed by atoms with Crippen LogP contribution >= 0.6 is 27.7 Å². The molecular formula is C12H18BrNO3S2. The fourth-order valence-electron chi connectivity index (χ4n) is 1.59. The number of sulfonamides is 1. The fraction of sp³-hybridized carbons (Fsp3) is 0.500. The molecule has 0 radical (unpaired) electrons. The molecule has 1 aromatic carbocycles. The van der Waals surface area contributed by atoms with Gasteiger partial charge in [0, 0.05) is 23.3 Å². The number of halogens is 1. The Bertz CT molecular complexity index is 534. The minimum absolute atomic E-state index is 0.0799. The molecule has 7 heteroatoms. The van der Waals surface area contributed by atoms with Crippen LogP contribution in [0.15, 0.2) is 27.6 Å². The van der Waals surface area contributed by atoms with Crippen LogP contribution in [0.5, 0.6) is 5.75 Å². The van der Waals surface area contributed by atoms with E-state index in [1.54, 1.807) is 37.0 Å². The van der Waals surface area contributed by atoms with Crippen LogP contribution in [0.3, 0.4) is 0 Å². The largest absolute Gasteiger partial charge is 0.495 e. The van der Waals surface area contributed by atoms with Crippen molar-refractivity contribution in [1.82, 2.24) is 4.31 Å². The van der Waals surface area contributed by atoms with E-state index in [-0.39, 0.29) is 10.9 Å². The van der Waals surface area contributed by atoms with Crippen molar-refractivity contribution in [3.05, 3.63) is 22.7 Å². The van der Waals surface area contributed by atoms with Crippen molar-refractivity contribution in [1.29, 1.82) is 0 Å². The molecule has 0 aromatic heterocycles. The van der Waals surface area contributed by atoms with Crippen molar-refractivity contribution in [2.45, 2.75) is 17.9 Å².